The van der Waals surface area contributed by atoms with Crippen LogP contribution >= 0.6 is 34.2 Å². The number of halogens is 2. The quantitative estimate of drug-likeness (QED) is 0.513. The van der Waals surface area contributed by atoms with E-state index in [1.54, 1.807) is 13.2 Å². The molecule has 8 heteroatoms. The zero-order valence-corrected chi connectivity index (χ0v) is 16.7. The van der Waals surface area contributed by atoms with Crippen LogP contribution in [-0.4, -0.2) is 17.3 Å². The predicted octanol–water partition coefficient (Wildman–Crippen LogP) is 4.67. The average Bonchev–Trinajstić information content (AvgIpc) is 3.05. The van der Waals surface area contributed by atoms with Crippen molar-refractivity contribution in [2.75, 3.05) is 12.8 Å². The van der Waals surface area contributed by atoms with Crippen LogP contribution in [0.1, 0.15) is 17.0 Å². The van der Waals surface area contributed by atoms with Gasteiger partial charge >= 0.3 is 6.01 Å². The highest BCUT2D eigenvalue weighted by atomic mass is 127. The topological polar surface area (TPSA) is 83.4 Å². The van der Waals surface area contributed by atoms with Crippen molar-refractivity contribution in [3.05, 3.63) is 62.0 Å². The van der Waals surface area contributed by atoms with E-state index in [-0.39, 0.29) is 6.01 Å². The second kappa shape index (κ2) is 8.41. The van der Waals surface area contributed by atoms with Crippen LogP contribution in [0.5, 0.6) is 11.5 Å². The first-order valence-corrected chi connectivity index (χ1v) is 9.02. The molecule has 3 aromatic rings. The predicted molar refractivity (Wildman–Crippen MR) is 109 cm³/mol. The Kier molecular flexibility index (Phi) is 6.00. The number of nitrogens with two attached hydrogens (primary N) is 1. The van der Waals surface area contributed by atoms with Gasteiger partial charge in [-0.15, -0.1) is 5.10 Å². The Morgan fingerprint density at radius 1 is 1.19 bits per heavy atom. The third kappa shape index (κ3) is 4.67. The molecular formula is C18H15ClIN3O3. The van der Waals surface area contributed by atoms with E-state index in [0.29, 0.717) is 29.0 Å². The van der Waals surface area contributed by atoms with Crippen molar-refractivity contribution in [2.24, 2.45) is 0 Å². The fraction of sp³-hybridized carbons (Fsp3) is 0.111. The number of nitrogens with zero attached hydrogens (tertiary/aromatic N) is 2. The highest BCUT2D eigenvalue weighted by Gasteiger charge is 2.11. The van der Waals surface area contributed by atoms with Crippen LogP contribution in [0.15, 0.2) is 40.8 Å². The summed E-state index contributed by atoms with van der Waals surface area (Å²) in [5.41, 5.74) is 7.33. The van der Waals surface area contributed by atoms with E-state index >= 15 is 0 Å². The first-order chi connectivity index (χ1) is 12.5. The fourth-order valence-electron chi connectivity index (χ4n) is 2.19. The number of methoxy groups -OCH3 is 1. The minimum Gasteiger partial charge on any atom is -0.493 e. The van der Waals surface area contributed by atoms with E-state index in [2.05, 4.69) is 32.8 Å². The number of rotatable bonds is 6. The smallest absolute Gasteiger partial charge is 0.313 e. The van der Waals surface area contributed by atoms with Crippen LogP contribution in [0.3, 0.4) is 0 Å². The lowest BCUT2D eigenvalue weighted by molar-refractivity contribution is 0.282. The standard InChI is InChI=1S/C18H15ClIN3O3/c1-24-15-9-12(4-7-16-22-23-18(21)26-16)8-14(20)17(15)25-10-11-2-5-13(19)6-3-11/h2-9H,10H2,1H3,(H2,21,23)/b7-4+. The summed E-state index contributed by atoms with van der Waals surface area (Å²) in [6.45, 7) is 0.417. The van der Waals surface area contributed by atoms with Crippen LogP contribution in [-0.2, 0) is 6.61 Å². The summed E-state index contributed by atoms with van der Waals surface area (Å²) >= 11 is 8.11. The molecule has 0 bridgehead atoms. The Morgan fingerprint density at radius 3 is 2.62 bits per heavy atom. The van der Waals surface area contributed by atoms with Gasteiger partial charge in [0.05, 0.1) is 10.7 Å². The molecule has 26 heavy (non-hydrogen) atoms. The Balaban J connectivity index is 1.78. The van der Waals surface area contributed by atoms with E-state index < -0.39 is 0 Å². The van der Waals surface area contributed by atoms with Gasteiger partial charge in [-0.25, -0.2) is 0 Å². The molecule has 0 saturated heterocycles. The summed E-state index contributed by atoms with van der Waals surface area (Å²) in [6.07, 6.45) is 3.52. The third-order valence-electron chi connectivity index (χ3n) is 3.42. The zero-order chi connectivity index (χ0) is 18.5. The van der Waals surface area contributed by atoms with E-state index in [0.717, 1.165) is 14.7 Å². The van der Waals surface area contributed by atoms with E-state index in [4.69, 9.17) is 31.2 Å². The van der Waals surface area contributed by atoms with Crippen molar-refractivity contribution < 1.29 is 13.9 Å². The largest absolute Gasteiger partial charge is 0.493 e. The van der Waals surface area contributed by atoms with Gasteiger partial charge in [0.25, 0.3) is 0 Å². The maximum absolute atomic E-state index is 5.95. The zero-order valence-electron chi connectivity index (χ0n) is 13.8. The molecule has 1 heterocycles. The van der Waals surface area contributed by atoms with Crippen molar-refractivity contribution in [1.29, 1.82) is 0 Å². The maximum atomic E-state index is 5.95. The minimum atomic E-state index is 0.0303. The Bertz CT molecular complexity index is 926. The van der Waals surface area contributed by atoms with Crippen molar-refractivity contribution >= 4 is 52.4 Å². The van der Waals surface area contributed by atoms with E-state index in [1.807, 2.05) is 42.5 Å². The molecule has 0 spiro atoms. The van der Waals surface area contributed by atoms with Gasteiger partial charge in [-0.05, 0) is 64.1 Å². The summed E-state index contributed by atoms with van der Waals surface area (Å²) in [5, 5.41) is 8.09. The van der Waals surface area contributed by atoms with Gasteiger partial charge in [0.2, 0.25) is 5.89 Å². The van der Waals surface area contributed by atoms with Gasteiger partial charge in [0.15, 0.2) is 11.5 Å². The van der Waals surface area contributed by atoms with Gasteiger partial charge in [-0.2, -0.15) is 0 Å². The summed E-state index contributed by atoms with van der Waals surface area (Å²) in [6, 6.07) is 11.4. The monoisotopic (exact) mass is 483 g/mol. The molecule has 0 unspecified atom stereocenters. The molecule has 0 aliphatic rings. The Labute approximate surface area is 169 Å². The van der Waals surface area contributed by atoms with Crippen molar-refractivity contribution in [3.63, 3.8) is 0 Å². The van der Waals surface area contributed by atoms with Gasteiger partial charge in [-0.3, -0.25) is 0 Å². The molecule has 0 aliphatic carbocycles. The lowest BCUT2D eigenvalue weighted by Crippen LogP contribution is -2.00. The van der Waals surface area contributed by atoms with E-state index in [1.165, 1.54) is 0 Å². The molecule has 0 amide bonds. The average molecular weight is 484 g/mol. The number of aromatic nitrogens is 2. The number of hydrogen-bond acceptors (Lipinski definition) is 6. The molecule has 3 rings (SSSR count). The highest BCUT2D eigenvalue weighted by Crippen LogP contribution is 2.35. The number of benzene rings is 2. The molecule has 0 saturated carbocycles. The van der Waals surface area contributed by atoms with Gasteiger partial charge in [-0.1, -0.05) is 28.8 Å². The SMILES string of the molecule is COc1cc(/C=C/c2nnc(N)o2)cc(I)c1OCc1ccc(Cl)cc1. The van der Waals surface area contributed by atoms with Crippen molar-refractivity contribution in [2.45, 2.75) is 6.61 Å². The third-order valence-corrected chi connectivity index (χ3v) is 4.48. The number of nitrogen functional groups attached to an aromatic ring is 1. The molecule has 0 radical (unpaired) electrons. The van der Waals surface area contributed by atoms with Gasteiger partial charge < -0.3 is 19.6 Å². The first kappa shape index (κ1) is 18.5. The molecule has 2 aromatic carbocycles. The van der Waals surface area contributed by atoms with Crippen LogP contribution in [0.4, 0.5) is 6.01 Å². The summed E-state index contributed by atoms with van der Waals surface area (Å²) in [5.74, 6) is 1.65. The highest BCUT2D eigenvalue weighted by molar-refractivity contribution is 14.1. The fourth-order valence-corrected chi connectivity index (χ4v) is 3.10. The summed E-state index contributed by atoms with van der Waals surface area (Å²) < 4.78 is 17.5. The lowest BCUT2D eigenvalue weighted by atomic mass is 10.2. The van der Waals surface area contributed by atoms with Gasteiger partial charge in [0.1, 0.15) is 6.61 Å². The maximum Gasteiger partial charge on any atom is 0.313 e. The molecule has 6 nitrogen and oxygen atoms in total. The molecule has 2 N–H and O–H groups in total. The Hall–Kier alpha value is -2.26. The van der Waals surface area contributed by atoms with Crippen LogP contribution in [0.25, 0.3) is 12.2 Å². The Morgan fingerprint density at radius 2 is 1.96 bits per heavy atom. The molecular weight excluding hydrogens is 469 g/mol. The minimum absolute atomic E-state index is 0.0303. The second-order valence-electron chi connectivity index (χ2n) is 5.26. The molecule has 0 fully saturated rings. The first-order valence-electron chi connectivity index (χ1n) is 7.57. The number of hydrogen-bond donors (Lipinski definition) is 1. The van der Waals surface area contributed by atoms with Crippen LogP contribution < -0.4 is 15.2 Å². The van der Waals surface area contributed by atoms with Crippen LogP contribution in [0, 0.1) is 3.57 Å². The lowest BCUT2D eigenvalue weighted by Gasteiger charge is -2.13. The molecule has 0 atom stereocenters. The van der Waals surface area contributed by atoms with Crippen molar-refractivity contribution in [1.82, 2.24) is 10.2 Å². The molecule has 0 aliphatic heterocycles. The summed E-state index contributed by atoms with van der Waals surface area (Å²) in [4.78, 5) is 0. The van der Waals surface area contributed by atoms with E-state index in [9.17, 15) is 0 Å². The molecule has 134 valence electrons. The second-order valence-corrected chi connectivity index (χ2v) is 6.86. The van der Waals surface area contributed by atoms with Gasteiger partial charge in [0, 0.05) is 11.1 Å². The van der Waals surface area contributed by atoms with Crippen LogP contribution in [0.2, 0.25) is 5.02 Å². The van der Waals surface area contributed by atoms with Crippen molar-refractivity contribution in [3.8, 4) is 11.5 Å². The normalized spacial score (nSPS) is 11.0. The summed E-state index contributed by atoms with van der Waals surface area (Å²) in [7, 11) is 1.60. The molecule has 1 aromatic heterocycles. The number of anilines is 1. The number of ether oxygens (including phenoxy) is 2.